The number of alkyl carbamates (subject to hydrolysis) is 1. The molecule has 0 aromatic heterocycles. The Morgan fingerprint density at radius 1 is 1.00 bits per heavy atom. The molecular weight excluding hydrogens is 710 g/mol. The second-order valence-electron chi connectivity index (χ2n) is 16.0. The van der Waals surface area contributed by atoms with Gasteiger partial charge in [0.25, 0.3) is 5.91 Å². The van der Waals surface area contributed by atoms with E-state index in [0.29, 0.717) is 32.2 Å². The Kier molecular flexibility index (Phi) is 10.7. The van der Waals surface area contributed by atoms with Crippen molar-refractivity contribution in [1.29, 1.82) is 0 Å². The van der Waals surface area contributed by atoms with Crippen molar-refractivity contribution in [2.24, 2.45) is 17.8 Å². The molecule has 5 amide bonds. The SMILES string of the molecule is CC(C)(C)OC(=O)N[C@H]1CCCCC/C=C\[C@@H]2C[C@@]2(C(=O)NS(=O)(=O)C2CC2)NC(=O)[C@@H]2C[C@@H](OC(=O)N3CC4C=CC(C(=O)O)=CC4C3)CN2C1=O. The van der Waals surface area contributed by atoms with Crippen molar-refractivity contribution in [2.45, 2.75) is 113 Å². The highest BCUT2D eigenvalue weighted by Gasteiger charge is 2.62. The second-order valence-corrected chi connectivity index (χ2v) is 17.9. The summed E-state index contributed by atoms with van der Waals surface area (Å²) in [6.07, 6.45) is 10.1. The van der Waals surface area contributed by atoms with E-state index in [1.54, 1.807) is 32.9 Å². The van der Waals surface area contributed by atoms with Crippen molar-refractivity contribution in [3.63, 3.8) is 0 Å². The zero-order valence-corrected chi connectivity index (χ0v) is 31.1. The van der Waals surface area contributed by atoms with Gasteiger partial charge in [-0.3, -0.25) is 19.1 Å². The van der Waals surface area contributed by atoms with Crippen LogP contribution in [-0.4, -0.2) is 113 Å². The predicted molar refractivity (Wildman–Crippen MR) is 188 cm³/mol. The molecule has 290 valence electrons. The number of nitrogens with zero attached hydrogens (tertiary/aromatic N) is 2. The predicted octanol–water partition coefficient (Wildman–Crippen LogP) is 2.12. The summed E-state index contributed by atoms with van der Waals surface area (Å²) < 4.78 is 39.0. The van der Waals surface area contributed by atoms with Crippen LogP contribution in [0.25, 0.3) is 0 Å². The first-order chi connectivity index (χ1) is 25.0. The molecule has 6 rings (SSSR count). The first-order valence-corrected chi connectivity index (χ1v) is 19.9. The Morgan fingerprint density at radius 2 is 1.74 bits per heavy atom. The summed E-state index contributed by atoms with van der Waals surface area (Å²) in [7, 11) is -3.92. The van der Waals surface area contributed by atoms with Gasteiger partial charge in [0, 0.05) is 37.3 Å². The fourth-order valence-corrected chi connectivity index (χ4v) is 8.92. The van der Waals surface area contributed by atoms with E-state index in [1.165, 1.54) is 15.9 Å². The number of carbonyl (C=O) groups is 6. The van der Waals surface area contributed by atoms with Gasteiger partial charge in [-0.2, -0.15) is 0 Å². The Morgan fingerprint density at radius 3 is 2.43 bits per heavy atom. The zero-order chi connectivity index (χ0) is 38.3. The number of carbonyl (C=O) groups excluding carboxylic acids is 5. The van der Waals surface area contributed by atoms with Crippen LogP contribution in [0.4, 0.5) is 9.59 Å². The number of sulfonamides is 1. The third kappa shape index (κ3) is 8.87. The van der Waals surface area contributed by atoms with Gasteiger partial charge >= 0.3 is 18.2 Å². The van der Waals surface area contributed by atoms with Gasteiger partial charge in [0.2, 0.25) is 21.8 Å². The third-order valence-electron chi connectivity index (χ3n) is 10.6. The van der Waals surface area contributed by atoms with Gasteiger partial charge in [0.1, 0.15) is 29.3 Å². The van der Waals surface area contributed by atoms with Gasteiger partial charge in [-0.1, -0.05) is 43.2 Å². The minimum absolute atomic E-state index is 0.0936. The lowest BCUT2D eigenvalue weighted by molar-refractivity contribution is -0.141. The van der Waals surface area contributed by atoms with Crippen LogP contribution in [0, 0.1) is 17.8 Å². The fraction of sp³-hybridized carbons (Fsp3) is 0.667. The molecule has 6 aliphatic rings. The van der Waals surface area contributed by atoms with Crippen molar-refractivity contribution in [3.05, 3.63) is 36.0 Å². The van der Waals surface area contributed by atoms with Gasteiger partial charge < -0.3 is 35.0 Å². The Balaban J connectivity index is 1.23. The van der Waals surface area contributed by atoms with Crippen molar-refractivity contribution >= 4 is 45.9 Å². The van der Waals surface area contributed by atoms with E-state index in [0.717, 1.165) is 12.8 Å². The molecule has 3 heterocycles. The Hall–Kier alpha value is -4.41. The van der Waals surface area contributed by atoms with Gasteiger partial charge in [-0.15, -0.1) is 0 Å². The second kappa shape index (κ2) is 14.8. The molecule has 2 saturated heterocycles. The molecular formula is C36H49N5O11S. The van der Waals surface area contributed by atoms with Gasteiger partial charge in [-0.05, 0) is 59.3 Å². The van der Waals surface area contributed by atoms with Crippen LogP contribution in [0.15, 0.2) is 36.0 Å². The van der Waals surface area contributed by atoms with E-state index in [4.69, 9.17) is 9.47 Å². The summed E-state index contributed by atoms with van der Waals surface area (Å²) in [6, 6.07) is -2.30. The minimum atomic E-state index is -3.92. The topological polar surface area (TPSA) is 218 Å². The summed E-state index contributed by atoms with van der Waals surface area (Å²) in [5.41, 5.74) is -2.26. The first-order valence-electron chi connectivity index (χ1n) is 18.4. The van der Waals surface area contributed by atoms with Crippen molar-refractivity contribution in [2.75, 3.05) is 19.6 Å². The maximum Gasteiger partial charge on any atom is 0.410 e. The third-order valence-corrected chi connectivity index (χ3v) is 12.5. The van der Waals surface area contributed by atoms with Crippen LogP contribution in [0.3, 0.4) is 0 Å². The molecule has 0 radical (unpaired) electrons. The summed E-state index contributed by atoms with van der Waals surface area (Å²) in [5, 5.41) is 14.2. The molecule has 2 saturated carbocycles. The fourth-order valence-electron chi connectivity index (χ4n) is 7.55. The number of ether oxygens (including phenoxy) is 2. The van der Waals surface area contributed by atoms with Crippen LogP contribution in [0.5, 0.6) is 0 Å². The molecule has 16 nitrogen and oxygen atoms in total. The summed E-state index contributed by atoms with van der Waals surface area (Å²) >= 11 is 0. The van der Waals surface area contributed by atoms with E-state index in [9.17, 15) is 42.3 Å². The largest absolute Gasteiger partial charge is 0.478 e. The highest BCUT2D eigenvalue weighted by molar-refractivity contribution is 7.91. The number of fused-ring (bicyclic) bond motifs is 3. The molecule has 0 aromatic rings. The van der Waals surface area contributed by atoms with E-state index in [2.05, 4.69) is 15.4 Å². The van der Waals surface area contributed by atoms with Crippen LogP contribution in [0.2, 0.25) is 0 Å². The quantitative estimate of drug-likeness (QED) is 0.288. The molecule has 0 aromatic carbocycles. The number of allylic oxidation sites excluding steroid dienone is 1. The van der Waals surface area contributed by atoms with Crippen molar-refractivity contribution < 1.29 is 51.8 Å². The molecule has 0 bridgehead atoms. The van der Waals surface area contributed by atoms with E-state index in [1.807, 2.05) is 12.2 Å². The molecule has 0 spiro atoms. The van der Waals surface area contributed by atoms with Gasteiger partial charge in [0.05, 0.1) is 17.4 Å². The monoisotopic (exact) mass is 759 g/mol. The number of likely N-dealkylation sites (tertiary alicyclic amines) is 1. The van der Waals surface area contributed by atoms with Crippen LogP contribution >= 0.6 is 0 Å². The maximum absolute atomic E-state index is 14.3. The molecule has 17 heteroatoms. The Bertz CT molecular complexity index is 1730. The Labute approximate surface area is 308 Å². The average Bonchev–Trinajstić information content (AvgIpc) is 3.96. The molecule has 4 N–H and O–H groups in total. The van der Waals surface area contributed by atoms with Crippen molar-refractivity contribution in [1.82, 2.24) is 25.2 Å². The number of carboxylic acids is 1. The molecule has 2 unspecified atom stereocenters. The maximum atomic E-state index is 14.3. The number of carboxylic acid groups (broad SMARTS) is 1. The normalized spacial score (nSPS) is 32.4. The lowest BCUT2D eigenvalue weighted by atomic mass is 9.89. The molecule has 7 atom stereocenters. The van der Waals surface area contributed by atoms with Crippen molar-refractivity contribution in [3.8, 4) is 0 Å². The lowest BCUT2D eigenvalue weighted by Crippen LogP contribution is -2.58. The number of hydrogen-bond acceptors (Lipinski definition) is 10. The van der Waals surface area contributed by atoms with Crippen LogP contribution in [0.1, 0.15) is 78.6 Å². The van der Waals surface area contributed by atoms with Gasteiger partial charge in [0.15, 0.2) is 0 Å². The van der Waals surface area contributed by atoms with Crippen LogP contribution in [-0.2, 0) is 38.7 Å². The highest BCUT2D eigenvalue weighted by atomic mass is 32.2. The van der Waals surface area contributed by atoms with E-state index >= 15 is 0 Å². The number of nitrogens with one attached hydrogen (secondary N) is 3. The summed E-state index contributed by atoms with van der Waals surface area (Å²) in [6.45, 7) is 5.41. The number of aliphatic carboxylic acids is 1. The lowest BCUT2D eigenvalue weighted by Gasteiger charge is -2.30. The first kappa shape index (κ1) is 38.3. The zero-order valence-electron chi connectivity index (χ0n) is 30.2. The molecule has 3 aliphatic heterocycles. The van der Waals surface area contributed by atoms with E-state index in [-0.39, 0.29) is 49.8 Å². The average molecular weight is 760 g/mol. The standard InChI is InChI=1S/C36H49N5O11S/c1-35(2,3)52-33(47)37-27-10-8-6-4-5-7-9-24-17-36(24,32(46)39-53(49,50)26-13-14-26)38-29(42)28-16-25(20-41(28)30(27)43)51-34(48)40-18-22-12-11-21(31(44)45)15-23(22)19-40/h7,9,11-12,15,22-28H,4-6,8,10,13-14,16-20H2,1-3H3,(H,37,47)(H,38,42)(H,39,46)(H,44,45)/b9-7-/t22?,23?,24-,25-,27+,28+,36-/m1/s1. The highest BCUT2D eigenvalue weighted by Crippen LogP contribution is 2.46. The van der Waals surface area contributed by atoms with Gasteiger partial charge in [-0.25, -0.2) is 22.8 Å². The smallest absolute Gasteiger partial charge is 0.410 e. The number of hydrogen-bond donors (Lipinski definition) is 4. The molecule has 53 heavy (non-hydrogen) atoms. The van der Waals surface area contributed by atoms with E-state index < -0.39 is 86.4 Å². The summed E-state index contributed by atoms with van der Waals surface area (Å²) in [5.74, 6) is -4.00. The molecule has 3 aliphatic carbocycles. The molecule has 4 fully saturated rings. The number of rotatable bonds is 6. The summed E-state index contributed by atoms with van der Waals surface area (Å²) in [4.78, 5) is 82.7. The number of amides is 5. The van der Waals surface area contributed by atoms with Crippen LogP contribution < -0.4 is 15.4 Å². The minimum Gasteiger partial charge on any atom is -0.478 e.